The fraction of sp³-hybridized carbons (Fsp3) is 0.316. The number of ether oxygens (including phenoxy) is 1. The summed E-state index contributed by atoms with van der Waals surface area (Å²) in [6.07, 6.45) is 0. The first-order chi connectivity index (χ1) is 13.2. The zero-order valence-electron chi connectivity index (χ0n) is 15.6. The minimum atomic E-state index is -3.77. The molecule has 0 bridgehead atoms. The van der Waals surface area contributed by atoms with Crippen LogP contribution < -0.4 is 4.90 Å². The molecule has 7 nitrogen and oxygen atoms in total. The lowest BCUT2D eigenvalue weighted by Gasteiger charge is -2.26. The number of carbonyl (C=O) groups is 1. The smallest absolute Gasteiger partial charge is 0.259 e. The summed E-state index contributed by atoms with van der Waals surface area (Å²) in [5.41, 5.74) is 1.21. The number of hydrogen-bond donors (Lipinski definition) is 1. The number of morpholine rings is 1. The second-order valence-electron chi connectivity index (χ2n) is 6.51. The molecule has 1 N–H and O–H groups in total. The van der Waals surface area contributed by atoms with Crippen molar-refractivity contribution in [3.63, 3.8) is 0 Å². The number of halogens is 1. The number of hydrogen-bond acceptors (Lipinski definition) is 5. The highest BCUT2D eigenvalue weighted by Gasteiger charge is 2.28. The molecule has 0 radical (unpaired) electrons. The van der Waals surface area contributed by atoms with Gasteiger partial charge in [0.1, 0.15) is 5.75 Å². The quantitative estimate of drug-likeness (QED) is 0.815. The molecule has 1 heterocycles. The van der Waals surface area contributed by atoms with Crippen LogP contribution in [0.25, 0.3) is 0 Å². The molecule has 2 aromatic rings. The number of nitrogens with zero attached hydrogens (tertiary/aromatic N) is 2. The Labute approximate surface area is 169 Å². The summed E-state index contributed by atoms with van der Waals surface area (Å²) < 4.78 is 32.3. The number of phenols is 1. The molecule has 9 heteroatoms. The van der Waals surface area contributed by atoms with E-state index in [9.17, 15) is 18.3 Å². The Morgan fingerprint density at radius 3 is 2.54 bits per heavy atom. The summed E-state index contributed by atoms with van der Waals surface area (Å²) >= 11 is 6.19. The van der Waals surface area contributed by atoms with Crippen LogP contribution in [0, 0.1) is 6.92 Å². The summed E-state index contributed by atoms with van der Waals surface area (Å²) in [6.45, 7) is 3.00. The number of aromatic hydroxyl groups is 1. The van der Waals surface area contributed by atoms with E-state index in [1.54, 1.807) is 12.1 Å². The molecule has 28 heavy (non-hydrogen) atoms. The van der Waals surface area contributed by atoms with Gasteiger partial charge in [-0.25, -0.2) is 8.42 Å². The van der Waals surface area contributed by atoms with E-state index in [0.717, 1.165) is 5.56 Å². The van der Waals surface area contributed by atoms with Crippen LogP contribution >= 0.6 is 11.6 Å². The van der Waals surface area contributed by atoms with Gasteiger partial charge in [0.15, 0.2) is 0 Å². The van der Waals surface area contributed by atoms with E-state index in [2.05, 4.69) is 0 Å². The zero-order chi connectivity index (χ0) is 20.5. The SMILES string of the molecule is Cc1ccc(O)c(N(C)C(=O)c2cc(S(=O)(=O)N3CCOCC3)ccc2Cl)c1. The minimum absolute atomic E-state index is 0.0102. The van der Waals surface area contributed by atoms with Crippen molar-refractivity contribution in [1.29, 1.82) is 0 Å². The first-order valence-corrected chi connectivity index (χ1v) is 10.5. The standard InChI is InChI=1S/C19H21ClN2O5S/c1-13-3-6-18(23)17(11-13)21(2)19(24)15-12-14(4-5-16(15)20)28(25,26)22-7-9-27-10-8-22/h3-6,11-12,23H,7-10H2,1-2H3. The van der Waals surface area contributed by atoms with Gasteiger partial charge in [-0.05, 0) is 42.8 Å². The first-order valence-electron chi connectivity index (χ1n) is 8.67. The average molecular weight is 425 g/mol. The van der Waals surface area contributed by atoms with E-state index in [1.807, 2.05) is 6.92 Å². The molecule has 1 amide bonds. The first kappa shape index (κ1) is 20.6. The third-order valence-corrected chi connectivity index (χ3v) is 6.80. The van der Waals surface area contributed by atoms with Crippen LogP contribution in [0.5, 0.6) is 5.75 Å². The van der Waals surface area contributed by atoms with E-state index in [1.165, 1.54) is 40.5 Å². The summed E-state index contributed by atoms with van der Waals surface area (Å²) in [5.74, 6) is -0.584. The maximum atomic E-state index is 13.0. The Kier molecular flexibility index (Phi) is 5.95. The van der Waals surface area contributed by atoms with Gasteiger partial charge >= 0.3 is 0 Å². The van der Waals surface area contributed by atoms with Crippen molar-refractivity contribution in [3.8, 4) is 5.75 Å². The summed E-state index contributed by atoms with van der Waals surface area (Å²) in [5, 5.41) is 10.2. The monoisotopic (exact) mass is 424 g/mol. The number of phenolic OH excluding ortho intramolecular Hbond substituents is 1. The highest BCUT2D eigenvalue weighted by Crippen LogP contribution is 2.30. The topological polar surface area (TPSA) is 87.2 Å². The number of aryl methyl sites for hydroxylation is 1. The summed E-state index contributed by atoms with van der Waals surface area (Å²) in [6, 6.07) is 8.93. The minimum Gasteiger partial charge on any atom is -0.506 e. The Hall–Kier alpha value is -2.13. The zero-order valence-corrected chi connectivity index (χ0v) is 17.1. The van der Waals surface area contributed by atoms with Gasteiger partial charge in [-0.2, -0.15) is 4.31 Å². The number of carbonyl (C=O) groups excluding carboxylic acids is 1. The van der Waals surface area contributed by atoms with Gasteiger partial charge in [0.25, 0.3) is 5.91 Å². The molecular weight excluding hydrogens is 404 g/mol. The van der Waals surface area contributed by atoms with Gasteiger partial charge in [0, 0.05) is 20.1 Å². The van der Waals surface area contributed by atoms with E-state index < -0.39 is 15.9 Å². The molecule has 2 aromatic carbocycles. The van der Waals surface area contributed by atoms with E-state index >= 15 is 0 Å². The molecule has 0 aromatic heterocycles. The average Bonchev–Trinajstić information content (AvgIpc) is 2.69. The predicted octanol–water partition coefficient (Wildman–Crippen LogP) is 2.65. The van der Waals surface area contributed by atoms with Gasteiger partial charge in [-0.3, -0.25) is 4.79 Å². The van der Waals surface area contributed by atoms with Gasteiger partial charge < -0.3 is 14.7 Å². The second kappa shape index (κ2) is 8.08. The molecule has 0 atom stereocenters. The van der Waals surface area contributed by atoms with Crippen molar-refractivity contribution in [1.82, 2.24) is 4.31 Å². The van der Waals surface area contributed by atoms with Crippen LogP contribution in [-0.2, 0) is 14.8 Å². The molecule has 1 saturated heterocycles. The molecule has 0 spiro atoms. The largest absolute Gasteiger partial charge is 0.506 e. The Morgan fingerprint density at radius 1 is 1.18 bits per heavy atom. The molecule has 0 aliphatic carbocycles. The van der Waals surface area contributed by atoms with Crippen LogP contribution in [0.2, 0.25) is 5.02 Å². The lowest BCUT2D eigenvalue weighted by Crippen LogP contribution is -2.40. The molecule has 1 fully saturated rings. The number of anilines is 1. The van der Waals surface area contributed by atoms with Crippen molar-refractivity contribution in [3.05, 3.63) is 52.5 Å². The molecule has 0 unspecified atom stereocenters. The summed E-state index contributed by atoms with van der Waals surface area (Å²) in [7, 11) is -2.27. The van der Waals surface area contributed by atoms with Crippen molar-refractivity contribution >= 4 is 33.2 Å². The van der Waals surface area contributed by atoms with Crippen LogP contribution in [0.1, 0.15) is 15.9 Å². The fourth-order valence-electron chi connectivity index (χ4n) is 2.96. The number of rotatable bonds is 4. The normalized spacial score (nSPS) is 15.4. The van der Waals surface area contributed by atoms with Gasteiger partial charge in [0.2, 0.25) is 10.0 Å². The molecule has 150 valence electrons. The number of sulfonamides is 1. The van der Waals surface area contributed by atoms with Crippen molar-refractivity contribution in [2.75, 3.05) is 38.3 Å². The van der Waals surface area contributed by atoms with E-state index in [4.69, 9.17) is 16.3 Å². The molecule has 3 rings (SSSR count). The van der Waals surface area contributed by atoms with Crippen LogP contribution in [-0.4, -0.2) is 57.1 Å². The Bertz CT molecular complexity index is 1000. The Balaban J connectivity index is 1.97. The number of amides is 1. The fourth-order valence-corrected chi connectivity index (χ4v) is 4.59. The molecule has 1 aliphatic rings. The predicted molar refractivity (Wildman–Crippen MR) is 107 cm³/mol. The van der Waals surface area contributed by atoms with Crippen molar-refractivity contribution in [2.24, 2.45) is 0 Å². The van der Waals surface area contributed by atoms with Gasteiger partial charge in [-0.15, -0.1) is 0 Å². The maximum Gasteiger partial charge on any atom is 0.259 e. The van der Waals surface area contributed by atoms with E-state index in [-0.39, 0.29) is 34.3 Å². The van der Waals surface area contributed by atoms with Gasteiger partial charge in [-0.1, -0.05) is 17.7 Å². The third kappa shape index (κ3) is 4.00. The highest BCUT2D eigenvalue weighted by molar-refractivity contribution is 7.89. The van der Waals surface area contributed by atoms with Crippen molar-refractivity contribution in [2.45, 2.75) is 11.8 Å². The lowest BCUT2D eigenvalue weighted by molar-refractivity contribution is 0.0730. The van der Waals surface area contributed by atoms with Gasteiger partial charge in [0.05, 0.1) is 34.4 Å². The Morgan fingerprint density at radius 2 is 1.86 bits per heavy atom. The lowest BCUT2D eigenvalue weighted by atomic mass is 10.1. The molecule has 1 aliphatic heterocycles. The summed E-state index contributed by atoms with van der Waals surface area (Å²) in [4.78, 5) is 14.2. The molecule has 0 saturated carbocycles. The maximum absolute atomic E-state index is 13.0. The van der Waals surface area contributed by atoms with Crippen LogP contribution in [0.3, 0.4) is 0 Å². The number of benzene rings is 2. The van der Waals surface area contributed by atoms with Crippen LogP contribution in [0.15, 0.2) is 41.3 Å². The molecular formula is C19H21ClN2O5S. The van der Waals surface area contributed by atoms with E-state index in [0.29, 0.717) is 18.9 Å². The van der Waals surface area contributed by atoms with Crippen molar-refractivity contribution < 1.29 is 23.1 Å². The highest BCUT2D eigenvalue weighted by atomic mass is 35.5. The third-order valence-electron chi connectivity index (χ3n) is 4.57. The second-order valence-corrected chi connectivity index (χ2v) is 8.86. The van der Waals surface area contributed by atoms with Crippen LogP contribution in [0.4, 0.5) is 5.69 Å².